The van der Waals surface area contributed by atoms with E-state index < -0.39 is 11.9 Å². The van der Waals surface area contributed by atoms with E-state index in [2.05, 4.69) is 30.7 Å². The average Bonchev–Trinajstić information content (AvgIpc) is 3.20. The van der Waals surface area contributed by atoms with E-state index in [1.165, 1.54) is 4.68 Å². The topological polar surface area (TPSA) is 101 Å². The summed E-state index contributed by atoms with van der Waals surface area (Å²) in [6.45, 7) is 6.25. The van der Waals surface area contributed by atoms with Gasteiger partial charge in [0.1, 0.15) is 29.9 Å². The Morgan fingerprint density at radius 1 is 1.26 bits per heavy atom. The van der Waals surface area contributed by atoms with Crippen LogP contribution in [0.2, 0.25) is 0 Å². The van der Waals surface area contributed by atoms with Gasteiger partial charge in [0.25, 0.3) is 0 Å². The predicted molar refractivity (Wildman–Crippen MR) is 120 cm³/mol. The maximum Gasteiger partial charge on any atom is 0.433 e. The van der Waals surface area contributed by atoms with E-state index in [0.29, 0.717) is 23.7 Å². The summed E-state index contributed by atoms with van der Waals surface area (Å²) in [6, 6.07) is 2.44. The van der Waals surface area contributed by atoms with E-state index in [1.807, 2.05) is 38.8 Å². The SMILES string of the molecule is Cc1nc(NCc2cnn(Cc3nccc(C(F)(F)F)n3)c2)cc2c1NC(=O)C(C(C)C)N2C. The van der Waals surface area contributed by atoms with Crippen LogP contribution >= 0.6 is 0 Å². The molecule has 0 aromatic carbocycles. The third kappa shape index (κ3) is 4.80. The first kappa shape index (κ1) is 23.5. The second-order valence-corrected chi connectivity index (χ2v) is 8.53. The smallest absolute Gasteiger partial charge is 0.366 e. The highest BCUT2D eigenvalue weighted by Crippen LogP contribution is 2.36. The molecule has 0 bridgehead atoms. The maximum atomic E-state index is 12.9. The number of nitrogens with zero attached hydrogens (tertiary/aromatic N) is 6. The Labute approximate surface area is 194 Å². The Morgan fingerprint density at radius 2 is 2.03 bits per heavy atom. The van der Waals surface area contributed by atoms with Crippen LogP contribution in [0.15, 0.2) is 30.7 Å². The van der Waals surface area contributed by atoms with Gasteiger partial charge in [-0.25, -0.2) is 15.0 Å². The second kappa shape index (κ2) is 8.92. The molecule has 4 rings (SSSR count). The van der Waals surface area contributed by atoms with Gasteiger partial charge in [-0.3, -0.25) is 9.48 Å². The zero-order chi connectivity index (χ0) is 24.6. The molecule has 2 N–H and O–H groups in total. The van der Waals surface area contributed by atoms with Crippen molar-refractivity contribution in [2.75, 3.05) is 22.6 Å². The Kier molecular flexibility index (Phi) is 6.15. The molecule has 0 saturated carbocycles. The van der Waals surface area contributed by atoms with Gasteiger partial charge in [0.05, 0.1) is 23.3 Å². The number of halogens is 3. The van der Waals surface area contributed by atoms with E-state index in [1.54, 1.807) is 12.4 Å². The zero-order valence-corrected chi connectivity index (χ0v) is 19.2. The van der Waals surface area contributed by atoms with Gasteiger partial charge < -0.3 is 15.5 Å². The molecular weight excluding hydrogens is 449 g/mol. The molecule has 0 fully saturated rings. The zero-order valence-electron chi connectivity index (χ0n) is 19.2. The van der Waals surface area contributed by atoms with Crippen LogP contribution in [0.5, 0.6) is 0 Å². The van der Waals surface area contributed by atoms with Crippen molar-refractivity contribution in [1.82, 2.24) is 24.7 Å². The molecule has 3 aromatic rings. The number of aryl methyl sites for hydroxylation is 1. The molecule has 1 amide bonds. The number of anilines is 3. The first-order valence-corrected chi connectivity index (χ1v) is 10.7. The Morgan fingerprint density at radius 3 is 2.74 bits per heavy atom. The van der Waals surface area contributed by atoms with Crippen molar-refractivity contribution in [3.05, 3.63) is 53.5 Å². The minimum absolute atomic E-state index is 0.0151. The molecule has 0 spiro atoms. The van der Waals surface area contributed by atoms with Crippen molar-refractivity contribution in [2.45, 2.75) is 46.1 Å². The first-order chi connectivity index (χ1) is 16.0. The number of alkyl halides is 3. The summed E-state index contributed by atoms with van der Waals surface area (Å²) in [5.41, 5.74) is 2.10. The van der Waals surface area contributed by atoms with Gasteiger partial charge >= 0.3 is 6.18 Å². The fraction of sp³-hybridized carbons (Fsp3) is 0.409. The molecule has 12 heteroatoms. The number of rotatable bonds is 6. The standard InChI is InChI=1S/C22H25F3N8O/c1-12(2)20-21(34)31-19-13(3)29-17(7-15(19)32(20)4)27-8-14-9-28-33(10-14)11-18-26-6-5-16(30-18)22(23,24)25/h5-7,9-10,12,20H,8,11H2,1-4H3,(H,27,29)(H,31,34). The lowest BCUT2D eigenvalue weighted by atomic mass is 9.98. The third-order valence-corrected chi connectivity index (χ3v) is 5.58. The largest absolute Gasteiger partial charge is 0.433 e. The number of likely N-dealkylation sites (N-methyl/N-ethyl adjacent to an activating group) is 1. The molecule has 34 heavy (non-hydrogen) atoms. The normalized spacial score (nSPS) is 15.9. The molecule has 9 nitrogen and oxygen atoms in total. The summed E-state index contributed by atoms with van der Waals surface area (Å²) in [7, 11) is 1.89. The number of amides is 1. The number of nitrogens with one attached hydrogen (secondary N) is 2. The van der Waals surface area contributed by atoms with Crippen molar-refractivity contribution < 1.29 is 18.0 Å². The lowest BCUT2D eigenvalue weighted by Crippen LogP contribution is -2.49. The lowest BCUT2D eigenvalue weighted by molar-refractivity contribution is -0.141. The van der Waals surface area contributed by atoms with Crippen LogP contribution in [0.1, 0.15) is 36.6 Å². The highest BCUT2D eigenvalue weighted by atomic mass is 19.4. The molecule has 0 radical (unpaired) electrons. The number of hydrogen-bond donors (Lipinski definition) is 2. The fourth-order valence-corrected chi connectivity index (χ4v) is 4.01. The van der Waals surface area contributed by atoms with Crippen LogP contribution < -0.4 is 15.5 Å². The van der Waals surface area contributed by atoms with Crippen LogP contribution in [-0.2, 0) is 24.1 Å². The first-order valence-electron chi connectivity index (χ1n) is 10.7. The number of pyridine rings is 1. The average molecular weight is 474 g/mol. The van der Waals surface area contributed by atoms with E-state index in [4.69, 9.17) is 0 Å². The summed E-state index contributed by atoms with van der Waals surface area (Å²) >= 11 is 0. The predicted octanol–water partition coefficient (Wildman–Crippen LogP) is 3.47. The summed E-state index contributed by atoms with van der Waals surface area (Å²) in [5.74, 6) is 0.743. The number of carbonyl (C=O) groups is 1. The van der Waals surface area contributed by atoms with Crippen LogP contribution in [0, 0.1) is 12.8 Å². The van der Waals surface area contributed by atoms with E-state index in [9.17, 15) is 18.0 Å². The fourth-order valence-electron chi connectivity index (χ4n) is 4.01. The molecule has 0 saturated heterocycles. The van der Waals surface area contributed by atoms with E-state index >= 15 is 0 Å². The van der Waals surface area contributed by atoms with Gasteiger partial charge in [-0.05, 0) is 18.9 Å². The van der Waals surface area contributed by atoms with Crippen LogP contribution in [0.4, 0.5) is 30.4 Å². The van der Waals surface area contributed by atoms with Gasteiger partial charge in [-0.2, -0.15) is 18.3 Å². The lowest BCUT2D eigenvalue weighted by Gasteiger charge is -2.38. The van der Waals surface area contributed by atoms with Crippen molar-refractivity contribution in [2.24, 2.45) is 5.92 Å². The summed E-state index contributed by atoms with van der Waals surface area (Å²) in [5, 5.41) is 10.4. The highest BCUT2D eigenvalue weighted by Gasteiger charge is 2.34. The molecule has 4 heterocycles. The molecule has 3 aromatic heterocycles. The van der Waals surface area contributed by atoms with Crippen molar-refractivity contribution >= 4 is 23.1 Å². The number of hydrogen-bond acceptors (Lipinski definition) is 7. The number of carbonyl (C=O) groups excluding carboxylic acids is 1. The van der Waals surface area contributed by atoms with E-state index in [0.717, 1.165) is 23.5 Å². The van der Waals surface area contributed by atoms with Crippen LogP contribution in [-0.4, -0.2) is 43.7 Å². The van der Waals surface area contributed by atoms with Crippen molar-refractivity contribution in [1.29, 1.82) is 0 Å². The number of aromatic nitrogens is 5. The number of fused-ring (bicyclic) bond motifs is 1. The van der Waals surface area contributed by atoms with Crippen LogP contribution in [0.25, 0.3) is 0 Å². The van der Waals surface area contributed by atoms with Gasteiger partial charge in [-0.15, -0.1) is 0 Å². The molecule has 1 unspecified atom stereocenters. The summed E-state index contributed by atoms with van der Waals surface area (Å²) in [6.07, 6.45) is -0.108. The molecular formula is C22H25F3N8O. The summed E-state index contributed by atoms with van der Waals surface area (Å²) < 4.78 is 40.1. The maximum absolute atomic E-state index is 12.9. The minimum Gasteiger partial charge on any atom is -0.366 e. The van der Waals surface area contributed by atoms with Crippen LogP contribution in [0.3, 0.4) is 0 Å². The van der Waals surface area contributed by atoms with Crippen molar-refractivity contribution in [3.63, 3.8) is 0 Å². The quantitative estimate of drug-likeness (QED) is 0.564. The summed E-state index contributed by atoms with van der Waals surface area (Å²) in [4.78, 5) is 26.5. The molecule has 180 valence electrons. The third-order valence-electron chi connectivity index (χ3n) is 5.58. The van der Waals surface area contributed by atoms with Gasteiger partial charge in [-0.1, -0.05) is 13.8 Å². The molecule has 1 aliphatic heterocycles. The van der Waals surface area contributed by atoms with Gasteiger partial charge in [0, 0.05) is 37.6 Å². The minimum atomic E-state index is -4.52. The van der Waals surface area contributed by atoms with Gasteiger partial charge in [0.2, 0.25) is 5.91 Å². The Hall–Kier alpha value is -3.70. The van der Waals surface area contributed by atoms with Gasteiger partial charge in [0.15, 0.2) is 0 Å². The molecule has 0 aliphatic carbocycles. The second-order valence-electron chi connectivity index (χ2n) is 8.53. The van der Waals surface area contributed by atoms with Crippen molar-refractivity contribution in [3.8, 4) is 0 Å². The molecule has 1 atom stereocenters. The molecule has 1 aliphatic rings. The Bertz CT molecular complexity index is 1210. The van der Waals surface area contributed by atoms with E-state index in [-0.39, 0.29) is 30.2 Å². The monoisotopic (exact) mass is 474 g/mol. The Balaban J connectivity index is 1.45. The highest BCUT2D eigenvalue weighted by molar-refractivity contribution is 6.04.